The lowest BCUT2D eigenvalue weighted by Crippen LogP contribution is -2.45. The van der Waals surface area contributed by atoms with Crippen LogP contribution in [-0.4, -0.2) is 54.2 Å². The predicted molar refractivity (Wildman–Crippen MR) is 157 cm³/mol. The molecule has 3 aromatic rings. The monoisotopic (exact) mass is 589 g/mol. The molecule has 9 nitrogen and oxygen atoms in total. The summed E-state index contributed by atoms with van der Waals surface area (Å²) in [6, 6.07) is 3.47. The van der Waals surface area contributed by atoms with Gasteiger partial charge in [0.05, 0.1) is 31.6 Å². The number of rotatable bonds is 9. The average molecular weight is 590 g/mol. The highest BCUT2D eigenvalue weighted by atomic mass is 35.5. The maximum Gasteiger partial charge on any atom is 0.295 e. The number of pyridine rings is 2. The third-order valence-corrected chi connectivity index (χ3v) is 13.0. The van der Waals surface area contributed by atoms with Crippen LogP contribution in [0.15, 0.2) is 24.5 Å². The molecule has 1 saturated carbocycles. The van der Waals surface area contributed by atoms with E-state index in [4.69, 9.17) is 25.5 Å². The van der Waals surface area contributed by atoms with Gasteiger partial charge in [0.15, 0.2) is 8.32 Å². The highest BCUT2D eigenvalue weighted by molar-refractivity contribution is 7.17. The molecule has 3 heterocycles. The van der Waals surface area contributed by atoms with E-state index in [0.717, 1.165) is 25.0 Å². The number of ether oxygens (including phenoxy) is 2. The second kappa shape index (κ2) is 11.9. The molecule has 1 N–H and O–H groups in total. The maximum atomic E-state index is 13.3. The fourth-order valence-electron chi connectivity index (χ4n) is 4.32. The topological polar surface area (TPSA) is 108 Å². The number of halogens is 1. The van der Waals surface area contributed by atoms with Crippen molar-refractivity contribution < 1.29 is 18.7 Å². The molecule has 1 aliphatic carbocycles. The number of aromatic nitrogens is 4. The standard InChI is InChI=1S/C27H36ClN5O4SSi/c1-16-11-18(19-12-23(28)30-14-22(19)35-5)20(13-29-16)24(34)31-25-32-33-26(38-25)36-15-17-9-8-10-21(17)37-39(6,7)27(2,3)4/h11-14,17,21H,8-10,15H2,1-7H3,(H,31,32,34)/t17-,21?/m0/s1. The molecule has 0 spiro atoms. The number of aryl methyl sites for hydroxylation is 1. The van der Waals surface area contributed by atoms with Crippen LogP contribution >= 0.6 is 22.9 Å². The van der Waals surface area contributed by atoms with Crippen molar-refractivity contribution in [3.05, 3.63) is 40.9 Å². The molecule has 39 heavy (non-hydrogen) atoms. The normalized spacial score (nSPS) is 17.7. The Morgan fingerprint density at radius 3 is 2.64 bits per heavy atom. The minimum Gasteiger partial charge on any atom is -0.494 e. The van der Waals surface area contributed by atoms with Crippen LogP contribution in [0.4, 0.5) is 5.13 Å². The van der Waals surface area contributed by atoms with Gasteiger partial charge in [-0.25, -0.2) is 4.98 Å². The highest BCUT2D eigenvalue weighted by Gasteiger charge is 2.42. The lowest BCUT2D eigenvalue weighted by Gasteiger charge is -2.39. The van der Waals surface area contributed by atoms with Gasteiger partial charge in [-0.05, 0) is 61.4 Å². The molecule has 3 aromatic heterocycles. The molecule has 0 bridgehead atoms. The fourth-order valence-corrected chi connectivity index (χ4v) is 6.50. The average Bonchev–Trinajstić information content (AvgIpc) is 3.50. The van der Waals surface area contributed by atoms with Gasteiger partial charge in [0, 0.05) is 28.9 Å². The van der Waals surface area contributed by atoms with E-state index in [1.807, 2.05) is 13.0 Å². The number of methoxy groups -OCH3 is 1. The van der Waals surface area contributed by atoms with Crippen LogP contribution in [0.25, 0.3) is 11.1 Å². The molecule has 4 rings (SSSR count). The number of hydrogen-bond donors (Lipinski definition) is 1. The lowest BCUT2D eigenvalue weighted by atomic mass is 10.0. The Hall–Kier alpha value is -2.60. The van der Waals surface area contributed by atoms with Gasteiger partial charge >= 0.3 is 0 Å². The number of amides is 1. The maximum absolute atomic E-state index is 13.3. The van der Waals surface area contributed by atoms with Crippen molar-refractivity contribution >= 4 is 42.3 Å². The first kappa shape index (κ1) is 29.4. The summed E-state index contributed by atoms with van der Waals surface area (Å²) in [7, 11) is -0.321. The van der Waals surface area contributed by atoms with Gasteiger partial charge in [0.25, 0.3) is 11.1 Å². The molecule has 0 saturated heterocycles. The van der Waals surface area contributed by atoms with Crippen molar-refractivity contribution in [2.24, 2.45) is 5.92 Å². The number of hydrogen-bond acceptors (Lipinski definition) is 9. The van der Waals surface area contributed by atoms with Crippen molar-refractivity contribution in [1.29, 1.82) is 0 Å². The predicted octanol–water partition coefficient (Wildman–Crippen LogP) is 6.79. The molecule has 1 fully saturated rings. The van der Waals surface area contributed by atoms with Crippen molar-refractivity contribution in [2.45, 2.75) is 71.2 Å². The van der Waals surface area contributed by atoms with Crippen LogP contribution in [-0.2, 0) is 4.43 Å². The SMILES string of the molecule is COc1cnc(Cl)cc1-c1cc(C)ncc1C(=O)Nc1nnc(OC[C@@H]2CCCC2O[Si](C)(C)C(C)(C)C)s1. The number of nitrogens with zero attached hydrogens (tertiary/aromatic N) is 4. The molecule has 2 atom stereocenters. The summed E-state index contributed by atoms with van der Waals surface area (Å²) in [6.45, 7) is 13.7. The summed E-state index contributed by atoms with van der Waals surface area (Å²) in [5, 5.41) is 12.3. The summed E-state index contributed by atoms with van der Waals surface area (Å²) < 4.78 is 18.2. The second-order valence-electron chi connectivity index (χ2n) is 11.3. The van der Waals surface area contributed by atoms with Gasteiger partial charge < -0.3 is 13.9 Å². The fraction of sp³-hybridized carbons (Fsp3) is 0.519. The Bertz CT molecular complexity index is 1330. The smallest absolute Gasteiger partial charge is 0.295 e. The molecule has 0 radical (unpaired) electrons. The van der Waals surface area contributed by atoms with Crippen LogP contribution in [0.3, 0.4) is 0 Å². The van der Waals surface area contributed by atoms with Gasteiger partial charge in [0.1, 0.15) is 10.9 Å². The zero-order valence-corrected chi connectivity index (χ0v) is 26.1. The van der Waals surface area contributed by atoms with Crippen molar-refractivity contribution in [2.75, 3.05) is 19.0 Å². The van der Waals surface area contributed by atoms with Gasteiger partial charge in [-0.3, -0.25) is 15.1 Å². The van der Waals surface area contributed by atoms with Crippen molar-refractivity contribution in [1.82, 2.24) is 20.2 Å². The minimum absolute atomic E-state index is 0.162. The third kappa shape index (κ3) is 6.94. The van der Waals surface area contributed by atoms with Gasteiger partial charge in [-0.1, -0.05) is 43.9 Å². The van der Waals surface area contributed by atoms with E-state index in [1.165, 1.54) is 30.8 Å². The Labute approximate surface area is 239 Å². The summed E-state index contributed by atoms with van der Waals surface area (Å²) in [4.78, 5) is 21.7. The summed E-state index contributed by atoms with van der Waals surface area (Å²) in [6.07, 6.45) is 6.49. The summed E-state index contributed by atoms with van der Waals surface area (Å²) in [5.41, 5.74) is 2.35. The first-order valence-electron chi connectivity index (χ1n) is 13.0. The molecule has 0 aliphatic heterocycles. The lowest BCUT2D eigenvalue weighted by molar-refractivity contribution is 0.102. The number of carbonyl (C=O) groups excluding carboxylic acids is 1. The van der Waals surface area contributed by atoms with Crippen molar-refractivity contribution in [3.63, 3.8) is 0 Å². The molecule has 12 heteroatoms. The van der Waals surface area contributed by atoms with E-state index < -0.39 is 8.32 Å². The molecule has 1 aliphatic rings. The Kier molecular flexibility index (Phi) is 8.94. The van der Waals surface area contributed by atoms with Crippen LogP contribution in [0.5, 0.6) is 10.9 Å². The Morgan fingerprint density at radius 1 is 1.15 bits per heavy atom. The van der Waals surface area contributed by atoms with E-state index in [-0.39, 0.29) is 22.2 Å². The van der Waals surface area contributed by atoms with E-state index in [9.17, 15) is 4.79 Å². The first-order valence-corrected chi connectivity index (χ1v) is 17.1. The van der Waals surface area contributed by atoms with E-state index in [0.29, 0.717) is 45.3 Å². The third-order valence-electron chi connectivity index (χ3n) is 7.52. The van der Waals surface area contributed by atoms with E-state index >= 15 is 0 Å². The van der Waals surface area contributed by atoms with Crippen LogP contribution in [0, 0.1) is 12.8 Å². The van der Waals surface area contributed by atoms with Gasteiger partial charge in [-0.2, -0.15) is 0 Å². The summed E-state index contributed by atoms with van der Waals surface area (Å²) in [5.74, 6) is 0.423. The highest BCUT2D eigenvalue weighted by Crippen LogP contribution is 2.41. The molecule has 210 valence electrons. The molecule has 0 aromatic carbocycles. The Balaban J connectivity index is 1.43. The van der Waals surface area contributed by atoms with Crippen LogP contribution in [0.2, 0.25) is 23.3 Å². The quantitative estimate of drug-likeness (QED) is 0.215. The molecular formula is C27H36ClN5O4SSi. The zero-order chi connectivity index (χ0) is 28.4. The molecular weight excluding hydrogens is 554 g/mol. The summed E-state index contributed by atoms with van der Waals surface area (Å²) >= 11 is 7.33. The number of nitrogens with one attached hydrogen (secondary N) is 1. The number of carbonyl (C=O) groups is 1. The largest absolute Gasteiger partial charge is 0.494 e. The molecule has 1 unspecified atom stereocenters. The Morgan fingerprint density at radius 2 is 1.92 bits per heavy atom. The van der Waals surface area contributed by atoms with Crippen molar-refractivity contribution in [3.8, 4) is 22.1 Å². The molecule has 1 amide bonds. The number of anilines is 1. The van der Waals surface area contributed by atoms with E-state index in [2.05, 4.69) is 59.3 Å². The zero-order valence-electron chi connectivity index (χ0n) is 23.5. The van der Waals surface area contributed by atoms with E-state index in [1.54, 1.807) is 6.07 Å². The minimum atomic E-state index is -1.86. The van der Waals surface area contributed by atoms with Gasteiger partial charge in [-0.15, -0.1) is 5.10 Å². The van der Waals surface area contributed by atoms with Crippen LogP contribution in [0.1, 0.15) is 56.1 Å². The van der Waals surface area contributed by atoms with Crippen LogP contribution < -0.4 is 14.8 Å². The first-order chi connectivity index (χ1) is 18.4. The van der Waals surface area contributed by atoms with Gasteiger partial charge in [0.2, 0.25) is 5.13 Å². The second-order valence-corrected chi connectivity index (χ2v) is 17.4.